The van der Waals surface area contributed by atoms with Gasteiger partial charge in [0.15, 0.2) is 16.5 Å². The number of nitrogens with zero attached hydrogens (tertiary/aromatic N) is 2. The summed E-state index contributed by atoms with van der Waals surface area (Å²) in [4.78, 5) is 36.1. The number of thioether (sulfide) groups is 1. The molecule has 1 heterocycles. The van der Waals surface area contributed by atoms with Gasteiger partial charge in [-0.3, -0.25) is 14.6 Å². The third-order valence-corrected chi connectivity index (χ3v) is 4.42. The smallest absolute Gasteiger partial charge is 0.342 e. The molecule has 0 aliphatic carbocycles. The maximum absolute atomic E-state index is 11.8. The van der Waals surface area contributed by atoms with Crippen molar-refractivity contribution in [1.82, 2.24) is 20.6 Å². The van der Waals surface area contributed by atoms with Crippen LogP contribution in [0.3, 0.4) is 0 Å². The molecule has 0 spiro atoms. The van der Waals surface area contributed by atoms with Gasteiger partial charge in [-0.1, -0.05) is 11.8 Å². The number of benzene rings is 1. The Labute approximate surface area is 159 Å². The first kappa shape index (κ1) is 19.7. The second-order valence-corrected chi connectivity index (χ2v) is 6.45. The number of aromatic nitrogens is 3. The number of hydrogen-bond acceptors (Lipinski definition) is 8. The molecule has 0 aliphatic heterocycles. The van der Waals surface area contributed by atoms with Crippen molar-refractivity contribution >= 4 is 39.8 Å². The first-order valence-corrected chi connectivity index (χ1v) is 8.77. The quantitative estimate of drug-likeness (QED) is 0.321. The van der Waals surface area contributed by atoms with Gasteiger partial charge < -0.3 is 9.47 Å². The average Bonchev–Trinajstić information content (AvgIpc) is 2.60. The van der Waals surface area contributed by atoms with Gasteiger partial charge >= 0.3 is 5.69 Å². The molecule has 3 N–H and O–H groups in total. The molecule has 26 heavy (non-hydrogen) atoms. The first-order valence-electron chi connectivity index (χ1n) is 6.99. The van der Waals surface area contributed by atoms with E-state index in [4.69, 9.17) is 9.47 Å². The Kier molecular flexibility index (Phi) is 6.97. The first-order chi connectivity index (χ1) is 12.4. The Bertz CT molecular complexity index is 942. The van der Waals surface area contributed by atoms with Crippen LogP contribution in [0.15, 0.2) is 36.3 Å². The SMILES string of the molecule is COc1cc(/C=N/NC(=O)CSc2n[nH]c(=O)[nH]c2=O)cc(Br)c1OC. The van der Waals surface area contributed by atoms with Gasteiger partial charge in [0.2, 0.25) is 5.91 Å². The Morgan fingerprint density at radius 2 is 2.15 bits per heavy atom. The van der Waals surface area contributed by atoms with E-state index in [-0.39, 0.29) is 10.8 Å². The molecule has 0 radical (unpaired) electrons. The van der Waals surface area contributed by atoms with Gasteiger partial charge in [0.1, 0.15) is 0 Å². The van der Waals surface area contributed by atoms with E-state index in [0.29, 0.717) is 21.5 Å². The molecule has 1 aromatic heterocycles. The molecule has 1 amide bonds. The lowest BCUT2D eigenvalue weighted by molar-refractivity contribution is -0.118. The minimum atomic E-state index is -0.713. The summed E-state index contributed by atoms with van der Waals surface area (Å²) < 4.78 is 11.1. The lowest BCUT2D eigenvalue weighted by Crippen LogP contribution is -2.26. The van der Waals surface area contributed by atoms with E-state index < -0.39 is 17.2 Å². The summed E-state index contributed by atoms with van der Waals surface area (Å²) in [5.74, 6) is 0.505. The Morgan fingerprint density at radius 3 is 2.81 bits per heavy atom. The molecule has 0 bridgehead atoms. The number of hydrazone groups is 1. The van der Waals surface area contributed by atoms with Crippen molar-refractivity contribution in [2.75, 3.05) is 20.0 Å². The predicted molar refractivity (Wildman–Crippen MR) is 99.2 cm³/mol. The third kappa shape index (κ3) is 5.20. The highest BCUT2D eigenvalue weighted by Gasteiger charge is 2.10. The zero-order valence-corrected chi connectivity index (χ0v) is 16.1. The van der Waals surface area contributed by atoms with E-state index in [1.807, 2.05) is 4.98 Å². The third-order valence-electron chi connectivity index (χ3n) is 2.88. The molecule has 1 aromatic carbocycles. The highest BCUT2D eigenvalue weighted by Crippen LogP contribution is 2.35. The Morgan fingerprint density at radius 1 is 1.38 bits per heavy atom. The van der Waals surface area contributed by atoms with Gasteiger partial charge in [0, 0.05) is 0 Å². The summed E-state index contributed by atoms with van der Waals surface area (Å²) >= 11 is 4.23. The minimum Gasteiger partial charge on any atom is -0.493 e. The van der Waals surface area contributed by atoms with Crippen LogP contribution in [-0.2, 0) is 4.79 Å². The van der Waals surface area contributed by atoms with Crippen LogP contribution >= 0.6 is 27.7 Å². The molecule has 2 rings (SSSR count). The second kappa shape index (κ2) is 9.20. The molecule has 10 nitrogen and oxygen atoms in total. The number of H-pyrrole nitrogens is 2. The van der Waals surface area contributed by atoms with Crippen molar-refractivity contribution in [2.45, 2.75) is 5.03 Å². The molecular formula is C14H14BrN5O5S. The van der Waals surface area contributed by atoms with Crippen LogP contribution in [0, 0.1) is 0 Å². The van der Waals surface area contributed by atoms with Crippen molar-refractivity contribution in [2.24, 2.45) is 5.10 Å². The van der Waals surface area contributed by atoms with Gasteiger partial charge in [0.25, 0.3) is 5.56 Å². The van der Waals surface area contributed by atoms with E-state index in [1.165, 1.54) is 20.4 Å². The summed E-state index contributed by atoms with van der Waals surface area (Å²) in [5.41, 5.74) is 1.62. The van der Waals surface area contributed by atoms with E-state index in [9.17, 15) is 14.4 Å². The number of carbonyl (C=O) groups is 1. The van der Waals surface area contributed by atoms with Crippen LogP contribution in [0.4, 0.5) is 0 Å². The molecule has 0 unspecified atom stereocenters. The number of nitrogens with one attached hydrogen (secondary N) is 3. The lowest BCUT2D eigenvalue weighted by atomic mass is 10.2. The summed E-state index contributed by atoms with van der Waals surface area (Å²) in [6, 6.07) is 3.44. The maximum Gasteiger partial charge on any atom is 0.342 e. The molecule has 0 fully saturated rings. The van der Waals surface area contributed by atoms with Crippen molar-refractivity contribution < 1.29 is 14.3 Å². The zero-order chi connectivity index (χ0) is 19.1. The largest absolute Gasteiger partial charge is 0.493 e. The van der Waals surface area contributed by atoms with Crippen LogP contribution in [0.2, 0.25) is 0 Å². The van der Waals surface area contributed by atoms with Crippen LogP contribution in [0.25, 0.3) is 0 Å². The van der Waals surface area contributed by atoms with E-state index in [2.05, 4.69) is 36.7 Å². The van der Waals surface area contributed by atoms with Gasteiger partial charge in [-0.15, -0.1) is 0 Å². The minimum absolute atomic E-state index is 0.0208. The van der Waals surface area contributed by atoms with Crippen LogP contribution in [0.1, 0.15) is 5.56 Å². The zero-order valence-electron chi connectivity index (χ0n) is 13.7. The predicted octanol–water partition coefficient (Wildman–Crippen LogP) is 0.480. The number of methoxy groups -OCH3 is 2. The van der Waals surface area contributed by atoms with Crippen molar-refractivity contribution in [3.63, 3.8) is 0 Å². The number of hydrogen-bond donors (Lipinski definition) is 3. The molecule has 0 aliphatic rings. The van der Waals surface area contributed by atoms with E-state index >= 15 is 0 Å². The molecule has 0 saturated heterocycles. The van der Waals surface area contributed by atoms with Gasteiger partial charge in [-0.05, 0) is 33.6 Å². The maximum atomic E-state index is 11.8. The number of rotatable bonds is 7. The number of carbonyl (C=O) groups excluding carboxylic acids is 1. The number of ether oxygens (including phenoxy) is 2. The van der Waals surface area contributed by atoms with Gasteiger partial charge in [-0.2, -0.15) is 10.2 Å². The number of halogens is 1. The van der Waals surface area contributed by atoms with Crippen molar-refractivity contribution in [3.05, 3.63) is 43.0 Å². The standard InChI is InChI=1S/C14H14BrN5O5S/c1-24-9-4-7(3-8(15)11(9)25-2)5-16-18-10(21)6-26-13-12(22)17-14(23)20-19-13/h3-5H,6H2,1-2H3,(H,18,21)(H2,17,20,22,23)/b16-5+. The lowest BCUT2D eigenvalue weighted by Gasteiger charge is -2.10. The molecule has 138 valence electrons. The van der Waals surface area contributed by atoms with Crippen LogP contribution < -0.4 is 26.1 Å². The van der Waals surface area contributed by atoms with E-state index in [0.717, 1.165) is 11.8 Å². The fraction of sp³-hybridized carbons (Fsp3) is 0.214. The van der Waals surface area contributed by atoms with Crippen molar-refractivity contribution in [3.8, 4) is 11.5 Å². The summed E-state index contributed by atoms with van der Waals surface area (Å²) in [7, 11) is 3.04. The molecular weight excluding hydrogens is 430 g/mol. The number of amides is 1. The Hall–Kier alpha value is -2.60. The topological polar surface area (TPSA) is 139 Å². The highest BCUT2D eigenvalue weighted by atomic mass is 79.9. The molecule has 12 heteroatoms. The summed E-state index contributed by atoms with van der Waals surface area (Å²) in [6.07, 6.45) is 1.43. The fourth-order valence-electron chi connectivity index (χ4n) is 1.79. The second-order valence-electron chi connectivity index (χ2n) is 4.63. The molecule has 2 aromatic rings. The Balaban J connectivity index is 1.95. The summed E-state index contributed by atoms with van der Waals surface area (Å²) in [6.45, 7) is 0. The van der Waals surface area contributed by atoms with E-state index in [1.54, 1.807) is 12.1 Å². The number of aromatic amines is 2. The molecule has 0 atom stereocenters. The van der Waals surface area contributed by atoms with Crippen LogP contribution in [0.5, 0.6) is 11.5 Å². The molecule has 0 saturated carbocycles. The fourth-order valence-corrected chi connectivity index (χ4v) is 3.04. The van der Waals surface area contributed by atoms with Crippen molar-refractivity contribution in [1.29, 1.82) is 0 Å². The summed E-state index contributed by atoms with van der Waals surface area (Å²) in [5, 5.41) is 9.46. The average molecular weight is 444 g/mol. The van der Waals surface area contributed by atoms with Gasteiger partial charge in [0.05, 0.1) is 30.7 Å². The van der Waals surface area contributed by atoms with Crippen LogP contribution in [-0.4, -0.2) is 47.3 Å². The monoisotopic (exact) mass is 443 g/mol. The highest BCUT2D eigenvalue weighted by molar-refractivity contribution is 9.10. The van der Waals surface area contributed by atoms with Gasteiger partial charge in [-0.25, -0.2) is 15.3 Å². The normalized spacial score (nSPS) is 10.7.